The number of hydrogen-bond donors (Lipinski definition) is 0. The van der Waals surface area contributed by atoms with Gasteiger partial charge >= 0.3 is 0 Å². The molecule has 166 valence electrons. The summed E-state index contributed by atoms with van der Waals surface area (Å²) in [6.07, 6.45) is 16.3. The Labute approximate surface area is 179 Å². The molecule has 0 radical (unpaired) electrons. The third-order valence-electron chi connectivity index (χ3n) is 10.4. The molecule has 3 saturated carbocycles. The lowest BCUT2D eigenvalue weighted by Crippen LogP contribution is -2.50. The monoisotopic (exact) mass is 404 g/mol. The highest BCUT2D eigenvalue weighted by atomic mass is 19.3. The van der Waals surface area contributed by atoms with Crippen LogP contribution < -0.4 is 0 Å². The van der Waals surface area contributed by atoms with Gasteiger partial charge in [0.15, 0.2) is 0 Å². The minimum atomic E-state index is -0.192. The molecule has 0 amide bonds. The molecule has 4 rings (SSSR count). The predicted molar refractivity (Wildman–Crippen MR) is 119 cm³/mol. The first-order chi connectivity index (χ1) is 13.8. The Morgan fingerprint density at radius 3 is 2.55 bits per heavy atom. The topological polar surface area (TPSA) is 9.23 Å². The first kappa shape index (κ1) is 21.8. The fraction of sp³-hybridized carbons (Fsp3) is 0.926. The van der Waals surface area contributed by atoms with Gasteiger partial charge in [-0.15, -0.1) is 0 Å². The van der Waals surface area contributed by atoms with Gasteiger partial charge < -0.3 is 0 Å². The van der Waals surface area contributed by atoms with Crippen LogP contribution in [-0.2, 0) is 4.94 Å². The van der Waals surface area contributed by atoms with E-state index in [1.807, 2.05) is 0 Å². The number of allylic oxidation sites excluding steroid dienone is 1. The maximum absolute atomic E-state index is 12.8. The summed E-state index contributed by atoms with van der Waals surface area (Å²) in [4.78, 5) is 4.25. The van der Waals surface area contributed by atoms with E-state index in [-0.39, 0.29) is 6.10 Å². The third kappa shape index (κ3) is 3.74. The van der Waals surface area contributed by atoms with E-state index in [4.69, 9.17) is 0 Å². The van der Waals surface area contributed by atoms with Gasteiger partial charge in [-0.3, -0.25) is 0 Å². The molecule has 0 aliphatic heterocycles. The molecule has 0 aromatic heterocycles. The summed E-state index contributed by atoms with van der Waals surface area (Å²) in [5.74, 6) is 5.22. The van der Waals surface area contributed by atoms with E-state index in [2.05, 4.69) is 45.6 Å². The molecule has 3 fully saturated rings. The van der Waals surface area contributed by atoms with Crippen LogP contribution in [-0.4, -0.2) is 6.10 Å². The Hall–Kier alpha value is -0.370. The average molecular weight is 405 g/mol. The molecular formula is C27H45FO. The van der Waals surface area contributed by atoms with Crippen molar-refractivity contribution in [3.8, 4) is 0 Å². The second kappa shape index (κ2) is 8.29. The van der Waals surface area contributed by atoms with Crippen molar-refractivity contribution in [3.05, 3.63) is 11.6 Å². The molecule has 29 heavy (non-hydrogen) atoms. The van der Waals surface area contributed by atoms with Crippen molar-refractivity contribution in [2.45, 2.75) is 111 Å². The van der Waals surface area contributed by atoms with Crippen LogP contribution in [0, 0.1) is 46.3 Å². The van der Waals surface area contributed by atoms with Gasteiger partial charge in [0.1, 0.15) is 6.10 Å². The van der Waals surface area contributed by atoms with Gasteiger partial charge in [0.25, 0.3) is 0 Å². The van der Waals surface area contributed by atoms with E-state index in [0.717, 1.165) is 54.8 Å². The first-order valence-electron chi connectivity index (χ1n) is 12.8. The van der Waals surface area contributed by atoms with Gasteiger partial charge in [0.2, 0.25) is 0 Å². The molecule has 4 aliphatic carbocycles. The highest BCUT2D eigenvalue weighted by Crippen LogP contribution is 2.67. The largest absolute Gasteiger partial charge is 0.191 e. The lowest BCUT2D eigenvalue weighted by atomic mass is 9.47. The van der Waals surface area contributed by atoms with Gasteiger partial charge in [-0.25, -0.2) is 0 Å². The summed E-state index contributed by atoms with van der Waals surface area (Å²) in [6, 6.07) is 0. The molecule has 0 aromatic rings. The van der Waals surface area contributed by atoms with Crippen molar-refractivity contribution in [1.29, 1.82) is 0 Å². The quantitative estimate of drug-likeness (QED) is 0.404. The van der Waals surface area contributed by atoms with Crippen molar-refractivity contribution in [2.75, 3.05) is 0 Å². The van der Waals surface area contributed by atoms with Crippen LogP contribution >= 0.6 is 0 Å². The van der Waals surface area contributed by atoms with E-state index in [1.165, 1.54) is 56.9 Å². The van der Waals surface area contributed by atoms with Crippen LogP contribution in [0.25, 0.3) is 0 Å². The summed E-state index contributed by atoms with van der Waals surface area (Å²) >= 11 is 0. The zero-order valence-corrected chi connectivity index (χ0v) is 19.7. The molecule has 8 atom stereocenters. The van der Waals surface area contributed by atoms with Crippen LogP contribution in [0.2, 0.25) is 0 Å². The molecule has 0 heterocycles. The second-order valence-electron chi connectivity index (χ2n) is 12.2. The van der Waals surface area contributed by atoms with E-state index in [0.29, 0.717) is 10.8 Å². The zero-order valence-electron chi connectivity index (χ0n) is 19.7. The number of rotatable bonds is 6. The SMILES string of the molecule is CC(C)CCCC(C)C1CCC2C3CC=C4CC(OF)CCC4(C)C3CCC12C. The molecule has 4 aliphatic rings. The normalized spacial score (nSPS) is 45.3. The number of hydrogen-bond acceptors (Lipinski definition) is 1. The van der Waals surface area contributed by atoms with Gasteiger partial charge in [-0.2, -0.15) is 4.94 Å². The maximum Gasteiger partial charge on any atom is 0.102 e. The molecule has 0 saturated heterocycles. The Kier molecular flexibility index (Phi) is 6.24. The Bertz CT molecular complexity index is 612. The van der Waals surface area contributed by atoms with Gasteiger partial charge in [-0.05, 0) is 102 Å². The molecule has 8 unspecified atom stereocenters. The van der Waals surface area contributed by atoms with Gasteiger partial charge in [-0.1, -0.05) is 65.5 Å². The highest BCUT2D eigenvalue weighted by molar-refractivity contribution is 5.25. The van der Waals surface area contributed by atoms with Crippen LogP contribution in [0.4, 0.5) is 4.53 Å². The molecule has 0 spiro atoms. The molecule has 1 nitrogen and oxygen atoms in total. The molecule has 0 bridgehead atoms. The smallest absolute Gasteiger partial charge is 0.102 e. The summed E-state index contributed by atoms with van der Waals surface area (Å²) in [6.45, 7) is 12.5. The minimum Gasteiger partial charge on any atom is -0.191 e. The highest BCUT2D eigenvalue weighted by Gasteiger charge is 2.59. The molecule has 0 N–H and O–H groups in total. The maximum atomic E-state index is 12.8. The standard InChI is InChI=1S/C27H45FO/c1-18(2)7-6-8-19(3)23-11-12-24-22-10-9-20-17-21(29-28)13-15-26(20,4)25(22)14-16-27(23,24)5/h9,18-19,21-25H,6-8,10-17H2,1-5H3. The van der Waals surface area contributed by atoms with Crippen molar-refractivity contribution >= 4 is 0 Å². The van der Waals surface area contributed by atoms with E-state index in [1.54, 1.807) is 0 Å². The summed E-state index contributed by atoms with van der Waals surface area (Å²) in [7, 11) is 0. The van der Waals surface area contributed by atoms with Gasteiger partial charge in [0.05, 0.1) is 0 Å². The lowest BCUT2D eigenvalue weighted by Gasteiger charge is -2.58. The lowest BCUT2D eigenvalue weighted by molar-refractivity contribution is -0.190. The van der Waals surface area contributed by atoms with Crippen LogP contribution in [0.15, 0.2) is 11.6 Å². The summed E-state index contributed by atoms with van der Waals surface area (Å²) in [5.41, 5.74) is 2.38. The van der Waals surface area contributed by atoms with Crippen LogP contribution in [0.3, 0.4) is 0 Å². The van der Waals surface area contributed by atoms with Crippen molar-refractivity contribution in [1.82, 2.24) is 0 Å². The fourth-order valence-electron chi connectivity index (χ4n) is 8.73. The number of halogens is 1. The predicted octanol–water partition coefficient (Wildman–Crippen LogP) is 8.30. The van der Waals surface area contributed by atoms with E-state index in [9.17, 15) is 4.53 Å². The molecule has 0 aromatic carbocycles. The Morgan fingerprint density at radius 2 is 1.83 bits per heavy atom. The Morgan fingerprint density at radius 1 is 1.03 bits per heavy atom. The Balaban J connectivity index is 1.48. The zero-order chi connectivity index (χ0) is 20.8. The summed E-state index contributed by atoms with van der Waals surface area (Å²) in [5, 5.41) is 0. The van der Waals surface area contributed by atoms with Gasteiger partial charge in [0, 0.05) is 0 Å². The third-order valence-corrected chi connectivity index (χ3v) is 10.4. The van der Waals surface area contributed by atoms with E-state index >= 15 is 0 Å². The van der Waals surface area contributed by atoms with Crippen molar-refractivity contribution < 1.29 is 9.47 Å². The van der Waals surface area contributed by atoms with Crippen LogP contribution in [0.1, 0.15) is 105 Å². The molecular weight excluding hydrogens is 359 g/mol. The summed E-state index contributed by atoms with van der Waals surface area (Å²) < 4.78 is 12.8. The van der Waals surface area contributed by atoms with E-state index < -0.39 is 0 Å². The minimum absolute atomic E-state index is 0.192. The molecule has 2 heteroatoms. The fourth-order valence-corrected chi connectivity index (χ4v) is 8.73. The van der Waals surface area contributed by atoms with Crippen molar-refractivity contribution in [3.63, 3.8) is 0 Å². The second-order valence-corrected chi connectivity index (χ2v) is 12.2. The first-order valence-corrected chi connectivity index (χ1v) is 12.8. The van der Waals surface area contributed by atoms with Crippen LogP contribution in [0.5, 0.6) is 0 Å². The number of fused-ring (bicyclic) bond motifs is 5. The van der Waals surface area contributed by atoms with Crippen molar-refractivity contribution in [2.24, 2.45) is 46.3 Å². The average Bonchev–Trinajstić information content (AvgIpc) is 3.04.